The highest BCUT2D eigenvalue weighted by atomic mass is 32.2. The number of anilines is 1. The number of rotatable bonds is 5. The first-order valence-electron chi connectivity index (χ1n) is 6.87. The number of nitrogens with two attached hydrogens (primary N) is 1. The molecule has 1 fully saturated rings. The van der Waals surface area contributed by atoms with E-state index in [0.29, 0.717) is 12.2 Å². The SMILES string of the molecule is CN(C)CC1CCCN1S(=O)(=O)Cc1ccc(N)cc1. The zero-order valence-electron chi connectivity index (χ0n) is 12.1. The van der Waals surface area contributed by atoms with Crippen LogP contribution >= 0.6 is 0 Å². The molecule has 1 aromatic carbocycles. The molecule has 1 saturated heterocycles. The van der Waals surface area contributed by atoms with E-state index < -0.39 is 10.0 Å². The van der Waals surface area contributed by atoms with Crippen LogP contribution in [0.3, 0.4) is 0 Å². The minimum Gasteiger partial charge on any atom is -0.399 e. The van der Waals surface area contributed by atoms with Crippen LogP contribution < -0.4 is 5.73 Å². The number of hydrogen-bond donors (Lipinski definition) is 1. The van der Waals surface area contributed by atoms with Gasteiger partial charge in [-0.3, -0.25) is 0 Å². The van der Waals surface area contributed by atoms with Crippen molar-refractivity contribution >= 4 is 15.7 Å². The summed E-state index contributed by atoms with van der Waals surface area (Å²) in [6.07, 6.45) is 1.89. The third-order valence-corrected chi connectivity index (χ3v) is 5.48. The van der Waals surface area contributed by atoms with Gasteiger partial charge in [0.1, 0.15) is 0 Å². The summed E-state index contributed by atoms with van der Waals surface area (Å²) in [5.74, 6) is 0.0528. The molecule has 1 atom stereocenters. The summed E-state index contributed by atoms with van der Waals surface area (Å²) in [7, 11) is 0.696. The van der Waals surface area contributed by atoms with E-state index in [2.05, 4.69) is 0 Å². The maximum atomic E-state index is 12.6. The third kappa shape index (κ3) is 3.71. The minimum absolute atomic E-state index is 0.0528. The first kappa shape index (κ1) is 15.3. The number of likely N-dealkylation sites (N-methyl/N-ethyl adjacent to an activating group) is 1. The standard InChI is InChI=1S/C14H23N3O2S/c1-16(2)10-14-4-3-9-17(14)20(18,19)11-12-5-7-13(15)8-6-12/h5-8,14H,3-4,9-11,15H2,1-2H3. The van der Waals surface area contributed by atoms with Crippen molar-refractivity contribution in [2.24, 2.45) is 0 Å². The van der Waals surface area contributed by atoms with Gasteiger partial charge in [-0.05, 0) is 44.6 Å². The van der Waals surface area contributed by atoms with E-state index in [0.717, 1.165) is 24.9 Å². The van der Waals surface area contributed by atoms with E-state index in [1.54, 1.807) is 28.6 Å². The van der Waals surface area contributed by atoms with Gasteiger partial charge in [-0.25, -0.2) is 8.42 Å². The van der Waals surface area contributed by atoms with Crippen LogP contribution in [0.2, 0.25) is 0 Å². The van der Waals surface area contributed by atoms with Crippen molar-refractivity contribution in [3.8, 4) is 0 Å². The number of nitrogen functional groups attached to an aromatic ring is 1. The average Bonchev–Trinajstić information content (AvgIpc) is 2.80. The van der Waals surface area contributed by atoms with Crippen molar-refractivity contribution < 1.29 is 8.42 Å². The summed E-state index contributed by atoms with van der Waals surface area (Å²) in [5, 5.41) is 0. The molecular weight excluding hydrogens is 274 g/mol. The molecule has 112 valence electrons. The van der Waals surface area contributed by atoms with Crippen molar-refractivity contribution in [1.29, 1.82) is 0 Å². The normalized spacial score (nSPS) is 20.6. The lowest BCUT2D eigenvalue weighted by molar-refractivity contribution is 0.291. The molecule has 1 heterocycles. The zero-order chi connectivity index (χ0) is 14.8. The van der Waals surface area contributed by atoms with Gasteiger partial charge in [0.2, 0.25) is 10.0 Å². The van der Waals surface area contributed by atoms with Gasteiger partial charge in [-0.1, -0.05) is 12.1 Å². The predicted molar refractivity (Wildman–Crippen MR) is 81.8 cm³/mol. The van der Waals surface area contributed by atoms with Crippen molar-refractivity contribution in [1.82, 2.24) is 9.21 Å². The summed E-state index contributed by atoms with van der Waals surface area (Å²) in [5.41, 5.74) is 7.06. The highest BCUT2D eigenvalue weighted by Crippen LogP contribution is 2.24. The molecule has 0 aliphatic carbocycles. The van der Waals surface area contributed by atoms with Gasteiger partial charge in [-0.15, -0.1) is 0 Å². The Bertz CT molecular complexity index is 540. The van der Waals surface area contributed by atoms with Gasteiger partial charge in [0.25, 0.3) is 0 Å². The fourth-order valence-corrected chi connectivity index (χ4v) is 4.50. The lowest BCUT2D eigenvalue weighted by atomic mass is 10.2. The molecule has 0 saturated carbocycles. The van der Waals surface area contributed by atoms with Gasteiger partial charge in [0, 0.05) is 24.8 Å². The predicted octanol–water partition coefficient (Wildman–Crippen LogP) is 1.12. The largest absolute Gasteiger partial charge is 0.399 e. The first-order chi connectivity index (χ1) is 9.38. The second-order valence-electron chi connectivity index (χ2n) is 5.67. The fraction of sp³-hybridized carbons (Fsp3) is 0.571. The van der Waals surface area contributed by atoms with Crippen LogP contribution in [0.1, 0.15) is 18.4 Å². The van der Waals surface area contributed by atoms with E-state index in [4.69, 9.17) is 5.73 Å². The maximum Gasteiger partial charge on any atom is 0.218 e. The average molecular weight is 297 g/mol. The molecule has 1 aromatic rings. The van der Waals surface area contributed by atoms with Crippen molar-refractivity contribution in [3.05, 3.63) is 29.8 Å². The van der Waals surface area contributed by atoms with Crippen LogP contribution in [0.15, 0.2) is 24.3 Å². The number of nitrogens with zero attached hydrogens (tertiary/aromatic N) is 2. The summed E-state index contributed by atoms with van der Waals surface area (Å²) in [6, 6.07) is 7.15. The molecule has 20 heavy (non-hydrogen) atoms. The topological polar surface area (TPSA) is 66.6 Å². The highest BCUT2D eigenvalue weighted by Gasteiger charge is 2.34. The molecule has 0 aromatic heterocycles. The second kappa shape index (κ2) is 6.11. The Labute approximate surface area is 121 Å². The number of benzene rings is 1. The minimum atomic E-state index is -3.25. The Kier molecular flexibility index (Phi) is 4.67. The summed E-state index contributed by atoms with van der Waals surface area (Å²) < 4.78 is 26.8. The van der Waals surface area contributed by atoms with Crippen LogP contribution in [-0.4, -0.2) is 50.8 Å². The number of sulfonamides is 1. The van der Waals surface area contributed by atoms with Crippen LogP contribution in [-0.2, 0) is 15.8 Å². The van der Waals surface area contributed by atoms with Gasteiger partial charge in [-0.2, -0.15) is 4.31 Å². The third-order valence-electron chi connectivity index (χ3n) is 3.59. The quantitative estimate of drug-likeness (QED) is 0.827. The highest BCUT2D eigenvalue weighted by molar-refractivity contribution is 7.88. The Balaban J connectivity index is 2.11. The van der Waals surface area contributed by atoms with Crippen molar-refractivity contribution in [2.45, 2.75) is 24.6 Å². The van der Waals surface area contributed by atoms with E-state index in [1.165, 1.54) is 0 Å². The molecule has 0 amide bonds. The van der Waals surface area contributed by atoms with Crippen LogP contribution in [0.5, 0.6) is 0 Å². The van der Waals surface area contributed by atoms with Gasteiger partial charge >= 0.3 is 0 Å². The fourth-order valence-electron chi connectivity index (χ4n) is 2.69. The smallest absolute Gasteiger partial charge is 0.218 e. The molecule has 5 nitrogen and oxygen atoms in total. The Morgan fingerprint density at radius 2 is 1.95 bits per heavy atom. The molecule has 0 spiro atoms. The van der Waals surface area contributed by atoms with E-state index >= 15 is 0 Å². The molecule has 1 aliphatic heterocycles. The summed E-state index contributed by atoms with van der Waals surface area (Å²) in [6.45, 7) is 1.41. The summed E-state index contributed by atoms with van der Waals surface area (Å²) >= 11 is 0. The molecule has 2 N–H and O–H groups in total. The Morgan fingerprint density at radius 1 is 1.30 bits per heavy atom. The van der Waals surface area contributed by atoms with Gasteiger partial charge in [0.15, 0.2) is 0 Å². The lowest BCUT2D eigenvalue weighted by Gasteiger charge is -2.26. The second-order valence-corrected chi connectivity index (χ2v) is 7.59. The number of hydrogen-bond acceptors (Lipinski definition) is 4. The van der Waals surface area contributed by atoms with E-state index in [9.17, 15) is 8.42 Å². The van der Waals surface area contributed by atoms with Crippen molar-refractivity contribution in [3.63, 3.8) is 0 Å². The lowest BCUT2D eigenvalue weighted by Crippen LogP contribution is -2.41. The van der Waals surface area contributed by atoms with E-state index in [1.807, 2.05) is 19.0 Å². The summed E-state index contributed by atoms with van der Waals surface area (Å²) in [4.78, 5) is 2.04. The Hall–Kier alpha value is -1.11. The zero-order valence-corrected chi connectivity index (χ0v) is 12.9. The first-order valence-corrected chi connectivity index (χ1v) is 8.48. The van der Waals surface area contributed by atoms with Crippen LogP contribution in [0.4, 0.5) is 5.69 Å². The Morgan fingerprint density at radius 3 is 2.55 bits per heavy atom. The molecule has 2 rings (SSSR count). The van der Waals surface area contributed by atoms with E-state index in [-0.39, 0.29) is 11.8 Å². The van der Waals surface area contributed by atoms with Crippen LogP contribution in [0.25, 0.3) is 0 Å². The molecular formula is C14H23N3O2S. The molecule has 0 bridgehead atoms. The molecule has 1 aliphatic rings. The monoisotopic (exact) mass is 297 g/mol. The van der Waals surface area contributed by atoms with Gasteiger partial charge in [0.05, 0.1) is 5.75 Å². The maximum absolute atomic E-state index is 12.6. The molecule has 1 unspecified atom stereocenters. The van der Waals surface area contributed by atoms with Gasteiger partial charge < -0.3 is 10.6 Å². The molecule has 0 radical (unpaired) electrons. The molecule has 6 heteroatoms. The van der Waals surface area contributed by atoms with Crippen molar-refractivity contribution in [2.75, 3.05) is 32.9 Å². The van der Waals surface area contributed by atoms with Crippen LogP contribution in [0, 0.1) is 0 Å².